The smallest absolute Gasteiger partial charge is 0.253 e. The Morgan fingerprint density at radius 1 is 1.32 bits per heavy atom. The normalized spacial score (nSPS) is 14.7. The second-order valence-electron chi connectivity index (χ2n) is 5.07. The van der Waals surface area contributed by atoms with Crippen LogP contribution in [0.1, 0.15) is 15.9 Å². The van der Waals surface area contributed by atoms with Gasteiger partial charge >= 0.3 is 0 Å². The number of rotatable bonds is 3. The number of nitrogens with one attached hydrogen (secondary N) is 2. The van der Waals surface area contributed by atoms with Crippen LogP contribution in [-0.4, -0.2) is 43.9 Å². The zero-order chi connectivity index (χ0) is 14.0. The first-order chi connectivity index (χ1) is 8.99. The van der Waals surface area contributed by atoms with Crippen molar-refractivity contribution in [2.45, 2.75) is 6.92 Å². The van der Waals surface area contributed by atoms with Crippen molar-refractivity contribution in [1.82, 2.24) is 10.2 Å². The molecule has 2 N–H and O–H groups in total. The Labute approximate surface area is 113 Å². The van der Waals surface area contributed by atoms with Crippen molar-refractivity contribution in [2.75, 3.05) is 32.5 Å². The molecule has 102 valence electrons. The van der Waals surface area contributed by atoms with Crippen LogP contribution in [0.3, 0.4) is 0 Å². The van der Waals surface area contributed by atoms with Gasteiger partial charge in [-0.25, -0.2) is 0 Å². The number of amides is 2. The number of nitrogens with zero attached hydrogens (tertiary/aromatic N) is 1. The SMILES string of the molecule is Cc1ccc(C(=O)N(C)C)cc1NC(=O)C1CNC1. The number of hydrogen-bond acceptors (Lipinski definition) is 3. The van der Waals surface area contributed by atoms with Gasteiger partial charge in [0.1, 0.15) is 0 Å². The summed E-state index contributed by atoms with van der Waals surface area (Å²) in [6.07, 6.45) is 0. The molecule has 1 fully saturated rings. The first-order valence-electron chi connectivity index (χ1n) is 6.33. The Morgan fingerprint density at radius 2 is 2.00 bits per heavy atom. The summed E-state index contributed by atoms with van der Waals surface area (Å²) >= 11 is 0. The lowest BCUT2D eigenvalue weighted by Gasteiger charge is -2.26. The molecule has 0 bridgehead atoms. The Hall–Kier alpha value is -1.88. The van der Waals surface area contributed by atoms with E-state index >= 15 is 0 Å². The summed E-state index contributed by atoms with van der Waals surface area (Å²) in [5.41, 5.74) is 2.25. The van der Waals surface area contributed by atoms with Gasteiger partial charge in [-0.15, -0.1) is 0 Å². The summed E-state index contributed by atoms with van der Waals surface area (Å²) < 4.78 is 0. The van der Waals surface area contributed by atoms with Crippen LogP contribution >= 0.6 is 0 Å². The molecule has 1 aliphatic heterocycles. The number of anilines is 1. The first kappa shape index (κ1) is 13.5. The van der Waals surface area contributed by atoms with Gasteiger partial charge in [0.15, 0.2) is 0 Å². The molecule has 1 saturated heterocycles. The first-order valence-corrected chi connectivity index (χ1v) is 6.33. The van der Waals surface area contributed by atoms with E-state index < -0.39 is 0 Å². The van der Waals surface area contributed by atoms with Gasteiger partial charge in [0, 0.05) is 38.4 Å². The maximum absolute atomic E-state index is 11.9. The number of hydrogen-bond donors (Lipinski definition) is 2. The van der Waals surface area contributed by atoms with E-state index in [-0.39, 0.29) is 17.7 Å². The average Bonchev–Trinajstić information content (AvgIpc) is 2.28. The van der Waals surface area contributed by atoms with Crippen LogP contribution < -0.4 is 10.6 Å². The number of carbonyl (C=O) groups is 2. The Bertz CT molecular complexity index is 507. The third-order valence-corrected chi connectivity index (χ3v) is 3.30. The summed E-state index contributed by atoms with van der Waals surface area (Å²) in [6.45, 7) is 3.36. The molecule has 1 aromatic carbocycles. The fourth-order valence-electron chi connectivity index (χ4n) is 1.86. The Morgan fingerprint density at radius 3 is 2.53 bits per heavy atom. The predicted octanol–water partition coefficient (Wildman–Crippen LogP) is 0.855. The van der Waals surface area contributed by atoms with Gasteiger partial charge < -0.3 is 15.5 Å². The monoisotopic (exact) mass is 261 g/mol. The highest BCUT2D eigenvalue weighted by atomic mass is 16.2. The molecule has 5 nitrogen and oxygen atoms in total. The minimum absolute atomic E-state index is 0.0105. The molecular formula is C14H19N3O2. The van der Waals surface area contributed by atoms with E-state index in [1.165, 1.54) is 4.90 Å². The van der Waals surface area contributed by atoms with Crippen molar-refractivity contribution in [1.29, 1.82) is 0 Å². The maximum atomic E-state index is 11.9. The fraction of sp³-hybridized carbons (Fsp3) is 0.429. The lowest BCUT2D eigenvalue weighted by Crippen LogP contribution is -2.48. The van der Waals surface area contributed by atoms with E-state index in [9.17, 15) is 9.59 Å². The Balaban J connectivity index is 2.17. The molecule has 5 heteroatoms. The third-order valence-electron chi connectivity index (χ3n) is 3.30. The van der Waals surface area contributed by atoms with E-state index in [0.29, 0.717) is 11.3 Å². The summed E-state index contributed by atoms with van der Waals surface area (Å²) in [5, 5.41) is 5.96. The molecule has 1 aromatic rings. The average molecular weight is 261 g/mol. The second-order valence-corrected chi connectivity index (χ2v) is 5.07. The lowest BCUT2D eigenvalue weighted by molar-refractivity contribution is -0.121. The minimum atomic E-state index is -0.0687. The van der Waals surface area contributed by atoms with E-state index in [2.05, 4.69) is 10.6 Å². The lowest BCUT2D eigenvalue weighted by atomic mass is 10.0. The van der Waals surface area contributed by atoms with E-state index in [1.54, 1.807) is 26.2 Å². The molecule has 1 aliphatic rings. The van der Waals surface area contributed by atoms with Crippen molar-refractivity contribution in [3.63, 3.8) is 0 Å². The molecule has 0 unspecified atom stereocenters. The van der Waals surface area contributed by atoms with Crippen LogP contribution in [0, 0.1) is 12.8 Å². The van der Waals surface area contributed by atoms with Crippen molar-refractivity contribution < 1.29 is 9.59 Å². The van der Waals surface area contributed by atoms with Crippen LogP contribution in [0.2, 0.25) is 0 Å². The highest BCUT2D eigenvalue weighted by Crippen LogP contribution is 2.19. The van der Waals surface area contributed by atoms with Gasteiger partial charge in [0.05, 0.1) is 5.92 Å². The summed E-state index contributed by atoms with van der Waals surface area (Å²) in [6, 6.07) is 5.37. The zero-order valence-electron chi connectivity index (χ0n) is 11.5. The van der Waals surface area contributed by atoms with Gasteiger partial charge in [0.2, 0.25) is 5.91 Å². The highest BCUT2D eigenvalue weighted by Gasteiger charge is 2.25. The van der Waals surface area contributed by atoms with Crippen LogP contribution in [0.15, 0.2) is 18.2 Å². The van der Waals surface area contributed by atoms with Crippen LogP contribution in [0.5, 0.6) is 0 Å². The zero-order valence-corrected chi connectivity index (χ0v) is 11.5. The second kappa shape index (κ2) is 5.40. The topological polar surface area (TPSA) is 61.4 Å². The number of aryl methyl sites for hydroxylation is 1. The van der Waals surface area contributed by atoms with E-state index in [4.69, 9.17) is 0 Å². The van der Waals surface area contributed by atoms with Gasteiger partial charge in [-0.3, -0.25) is 9.59 Å². The van der Waals surface area contributed by atoms with Crippen LogP contribution in [0.25, 0.3) is 0 Å². The molecule has 0 atom stereocenters. The van der Waals surface area contributed by atoms with Crippen molar-refractivity contribution in [3.8, 4) is 0 Å². The minimum Gasteiger partial charge on any atom is -0.345 e. The highest BCUT2D eigenvalue weighted by molar-refractivity contribution is 5.98. The molecule has 1 heterocycles. The van der Waals surface area contributed by atoms with Crippen LogP contribution in [0.4, 0.5) is 5.69 Å². The third kappa shape index (κ3) is 2.93. The van der Waals surface area contributed by atoms with E-state index in [1.807, 2.05) is 13.0 Å². The molecular weight excluding hydrogens is 242 g/mol. The molecule has 0 radical (unpaired) electrons. The van der Waals surface area contributed by atoms with Crippen molar-refractivity contribution >= 4 is 17.5 Å². The van der Waals surface area contributed by atoms with Crippen molar-refractivity contribution in [2.24, 2.45) is 5.92 Å². The van der Waals surface area contributed by atoms with Gasteiger partial charge in [0.25, 0.3) is 5.91 Å². The molecule has 2 amide bonds. The molecule has 2 rings (SSSR count). The largest absolute Gasteiger partial charge is 0.345 e. The number of carbonyl (C=O) groups excluding carboxylic acids is 2. The molecule has 19 heavy (non-hydrogen) atoms. The number of benzene rings is 1. The standard InChI is InChI=1S/C14H19N3O2/c1-9-4-5-10(14(19)17(2)3)6-12(9)16-13(18)11-7-15-8-11/h4-6,11,15H,7-8H2,1-3H3,(H,16,18). The van der Waals surface area contributed by atoms with Crippen LogP contribution in [-0.2, 0) is 4.79 Å². The van der Waals surface area contributed by atoms with Gasteiger partial charge in [-0.2, -0.15) is 0 Å². The maximum Gasteiger partial charge on any atom is 0.253 e. The van der Waals surface area contributed by atoms with Crippen molar-refractivity contribution in [3.05, 3.63) is 29.3 Å². The molecule has 0 aromatic heterocycles. The van der Waals surface area contributed by atoms with Gasteiger partial charge in [-0.05, 0) is 24.6 Å². The molecule has 0 aliphatic carbocycles. The summed E-state index contributed by atoms with van der Waals surface area (Å²) in [7, 11) is 3.42. The fourth-order valence-corrected chi connectivity index (χ4v) is 1.86. The summed E-state index contributed by atoms with van der Waals surface area (Å²) in [5.74, 6) is -0.0234. The predicted molar refractivity (Wildman–Crippen MR) is 74.2 cm³/mol. The quantitative estimate of drug-likeness (QED) is 0.848. The van der Waals surface area contributed by atoms with E-state index in [0.717, 1.165) is 18.7 Å². The molecule has 0 spiro atoms. The summed E-state index contributed by atoms with van der Waals surface area (Å²) in [4.78, 5) is 25.3. The Kier molecular flexibility index (Phi) is 3.85. The van der Waals surface area contributed by atoms with Gasteiger partial charge in [-0.1, -0.05) is 6.07 Å². The molecule has 0 saturated carbocycles.